The van der Waals surface area contributed by atoms with Gasteiger partial charge in [-0.05, 0) is 53.6 Å². The van der Waals surface area contributed by atoms with Crippen molar-refractivity contribution in [1.82, 2.24) is 0 Å². The minimum Gasteiger partial charge on any atom is -0.374 e. The number of rotatable bonds is 11. The Kier molecular flexibility index (Phi) is 10.3. The van der Waals surface area contributed by atoms with E-state index >= 15 is 0 Å². The van der Waals surface area contributed by atoms with Gasteiger partial charge in [-0.3, -0.25) is 0 Å². The third-order valence-electron chi connectivity index (χ3n) is 6.17. The van der Waals surface area contributed by atoms with Gasteiger partial charge in [0, 0.05) is 62.8 Å². The Labute approximate surface area is 228 Å². The predicted molar refractivity (Wildman–Crippen MR) is 150 cm³/mol. The molecular weight excluding hydrogens is 499 g/mol. The fourth-order valence-corrected chi connectivity index (χ4v) is 3.96. The van der Waals surface area contributed by atoms with Crippen molar-refractivity contribution in [1.29, 1.82) is 10.5 Å². The molecule has 39 heavy (non-hydrogen) atoms. The number of aromatic nitrogens is 1. The van der Waals surface area contributed by atoms with Gasteiger partial charge in [0.25, 0.3) is 0 Å². The van der Waals surface area contributed by atoms with Crippen molar-refractivity contribution < 1.29 is 17.7 Å². The van der Waals surface area contributed by atoms with Crippen molar-refractivity contribution in [3.8, 4) is 12.1 Å². The number of anilines is 2. The van der Waals surface area contributed by atoms with Crippen LogP contribution < -0.4 is 14.4 Å². The molecule has 8 heteroatoms. The van der Waals surface area contributed by atoms with Gasteiger partial charge >= 0.3 is 6.18 Å². The zero-order valence-corrected chi connectivity index (χ0v) is 22.1. The van der Waals surface area contributed by atoms with Crippen LogP contribution in [0.25, 0.3) is 24.3 Å². The van der Waals surface area contributed by atoms with Crippen LogP contribution in [-0.4, -0.2) is 33.4 Å². The number of pyridine rings is 1. The Bertz CT molecular complexity index is 1270. The minimum atomic E-state index is -4.39. The third kappa shape index (κ3) is 9.05. The molecule has 0 aliphatic rings. The first-order valence-electron chi connectivity index (χ1n) is 12.5. The van der Waals surface area contributed by atoms with Crippen LogP contribution in [0.15, 0.2) is 66.7 Å². The molecule has 0 amide bonds. The summed E-state index contributed by atoms with van der Waals surface area (Å²) in [5.41, 5.74) is 4.49. The van der Waals surface area contributed by atoms with Crippen LogP contribution in [0.3, 0.4) is 0 Å². The maximum Gasteiger partial charge on any atom is 0.448 e. The van der Waals surface area contributed by atoms with Gasteiger partial charge in [-0.1, -0.05) is 24.3 Å². The smallest absolute Gasteiger partial charge is 0.374 e. The number of benzene rings is 2. The van der Waals surface area contributed by atoms with E-state index in [9.17, 15) is 13.2 Å². The highest BCUT2D eigenvalue weighted by Gasteiger charge is 2.35. The van der Waals surface area contributed by atoms with E-state index < -0.39 is 12.7 Å². The molecule has 0 atom stereocenters. The molecule has 3 aromatic rings. The van der Waals surface area contributed by atoms with Gasteiger partial charge in [-0.25, -0.2) is 0 Å². The molecule has 0 unspecified atom stereocenters. The Hall–Kier alpha value is -4.56. The molecule has 1 aromatic heterocycles. The Morgan fingerprint density at radius 2 is 1.10 bits per heavy atom. The summed E-state index contributed by atoms with van der Waals surface area (Å²) in [5, 5.41) is 17.5. The van der Waals surface area contributed by atoms with Crippen LogP contribution in [0.4, 0.5) is 24.5 Å². The molecule has 0 saturated heterocycles. The Morgan fingerprint density at radius 3 is 1.46 bits per heavy atom. The molecule has 0 fully saturated rings. The van der Waals surface area contributed by atoms with E-state index in [0.29, 0.717) is 37.3 Å². The van der Waals surface area contributed by atoms with Gasteiger partial charge in [0.05, 0.1) is 25.0 Å². The molecule has 0 aliphatic carbocycles. The number of nitrogens with zero attached hydrogens (tertiary/aromatic N) is 5. The zero-order valence-electron chi connectivity index (χ0n) is 22.1. The van der Waals surface area contributed by atoms with E-state index in [4.69, 9.17) is 10.5 Å². The molecule has 3 rings (SSSR count). The van der Waals surface area contributed by atoms with Crippen molar-refractivity contribution >= 4 is 35.7 Å². The van der Waals surface area contributed by atoms with Crippen molar-refractivity contribution in [2.75, 3.05) is 37.0 Å². The lowest BCUT2D eigenvalue weighted by Crippen LogP contribution is -2.46. The van der Waals surface area contributed by atoms with E-state index in [2.05, 4.69) is 12.1 Å². The van der Waals surface area contributed by atoms with Crippen molar-refractivity contribution in [3.63, 3.8) is 0 Å². The van der Waals surface area contributed by atoms with Crippen LogP contribution >= 0.6 is 0 Å². The summed E-state index contributed by atoms with van der Waals surface area (Å²) in [5.74, 6) is 0. The van der Waals surface area contributed by atoms with Crippen LogP contribution in [0.2, 0.25) is 0 Å². The second-order valence-corrected chi connectivity index (χ2v) is 9.09. The monoisotopic (exact) mass is 530 g/mol. The summed E-state index contributed by atoms with van der Waals surface area (Å²) < 4.78 is 41.8. The highest BCUT2D eigenvalue weighted by Crippen LogP contribution is 2.19. The largest absolute Gasteiger partial charge is 0.448 e. The summed E-state index contributed by atoms with van der Waals surface area (Å²) >= 11 is 0. The quantitative estimate of drug-likeness (QED) is 0.263. The first-order valence-corrected chi connectivity index (χ1v) is 12.5. The van der Waals surface area contributed by atoms with E-state index in [0.717, 1.165) is 22.5 Å². The van der Waals surface area contributed by atoms with Crippen molar-refractivity contribution in [2.24, 2.45) is 0 Å². The fourth-order valence-electron chi connectivity index (χ4n) is 3.96. The summed E-state index contributed by atoms with van der Waals surface area (Å²) in [4.78, 5) is 3.95. The Balaban J connectivity index is 1.83. The predicted octanol–water partition coefficient (Wildman–Crippen LogP) is 6.58. The number of halogens is 3. The highest BCUT2D eigenvalue weighted by atomic mass is 19.4. The summed E-state index contributed by atoms with van der Waals surface area (Å²) in [6, 6.07) is 24.6. The molecule has 0 aliphatic heterocycles. The molecule has 0 N–H and O–H groups in total. The molecule has 0 radical (unpaired) electrons. The normalized spacial score (nSPS) is 11.5. The van der Waals surface area contributed by atoms with Crippen LogP contribution in [-0.2, 0) is 6.54 Å². The highest BCUT2D eigenvalue weighted by molar-refractivity contribution is 5.70. The third-order valence-corrected chi connectivity index (χ3v) is 6.17. The number of nitriles is 2. The molecule has 5 nitrogen and oxygen atoms in total. The lowest BCUT2D eigenvalue weighted by Gasteiger charge is -2.17. The zero-order chi connectivity index (χ0) is 28.3. The lowest BCUT2D eigenvalue weighted by molar-refractivity contribution is -0.722. The molecular formula is C31H31F3N5+. The van der Waals surface area contributed by atoms with E-state index in [1.165, 1.54) is 4.57 Å². The van der Waals surface area contributed by atoms with Crippen molar-refractivity contribution in [3.05, 3.63) is 89.2 Å². The van der Waals surface area contributed by atoms with E-state index in [1.807, 2.05) is 72.4 Å². The summed E-state index contributed by atoms with van der Waals surface area (Å²) in [6.07, 6.45) is 3.41. The number of hydrogen-bond donors (Lipinski definition) is 0. The second-order valence-electron chi connectivity index (χ2n) is 9.09. The van der Waals surface area contributed by atoms with Crippen LogP contribution in [0.1, 0.15) is 35.4 Å². The maximum absolute atomic E-state index is 13.5. The van der Waals surface area contributed by atoms with Gasteiger partial charge in [0.2, 0.25) is 17.9 Å². The van der Waals surface area contributed by atoms with E-state index in [1.54, 1.807) is 42.5 Å². The molecule has 200 valence electrons. The van der Waals surface area contributed by atoms with Gasteiger partial charge in [-0.2, -0.15) is 28.3 Å². The summed E-state index contributed by atoms with van der Waals surface area (Å²) in [6.45, 7) is 0.123. The fraction of sp³-hybridized carbons (Fsp3) is 0.258. The topological polar surface area (TPSA) is 57.9 Å². The molecule has 1 heterocycles. The molecule has 0 spiro atoms. The summed E-state index contributed by atoms with van der Waals surface area (Å²) in [7, 11) is 3.82. The van der Waals surface area contributed by atoms with Gasteiger partial charge in [0.15, 0.2) is 0 Å². The number of hydrogen-bond acceptors (Lipinski definition) is 4. The van der Waals surface area contributed by atoms with Crippen LogP contribution in [0, 0.1) is 22.7 Å². The first-order chi connectivity index (χ1) is 18.7. The van der Waals surface area contributed by atoms with Crippen molar-refractivity contribution in [2.45, 2.75) is 25.6 Å². The lowest BCUT2D eigenvalue weighted by atomic mass is 10.1. The average Bonchev–Trinajstić information content (AvgIpc) is 2.93. The SMILES string of the molecule is CN(CCC#N)c1ccc(/C=C/c2cccc(/C=C/c3ccc(N(C)CCC#N)cc3)[n+]2CC(F)(F)F)cc1. The number of alkyl halides is 3. The Morgan fingerprint density at radius 1 is 0.692 bits per heavy atom. The second kappa shape index (κ2) is 13.8. The van der Waals surface area contributed by atoms with Gasteiger partial charge in [-0.15, -0.1) is 0 Å². The van der Waals surface area contributed by atoms with Gasteiger partial charge < -0.3 is 9.80 Å². The molecule has 0 saturated carbocycles. The maximum atomic E-state index is 13.5. The van der Waals surface area contributed by atoms with Crippen LogP contribution in [0.5, 0.6) is 0 Å². The van der Waals surface area contributed by atoms with Gasteiger partial charge in [0.1, 0.15) is 0 Å². The molecule has 2 aromatic carbocycles. The standard InChI is InChI=1S/C31H31F3N5/c1-37(22-4-20-35)27-14-8-25(9-15-27)12-18-29-6-3-7-30(39(29)24-31(32,33)34)19-13-26-10-16-28(17-11-26)38(2)23-5-21-36/h3,6-19H,4-5,22-24H2,1-2H3/q+1. The molecule has 0 bridgehead atoms. The van der Waals surface area contributed by atoms with E-state index in [-0.39, 0.29) is 0 Å². The average molecular weight is 531 g/mol. The first kappa shape index (κ1) is 29.0. The minimum absolute atomic E-state index is 0.425.